The van der Waals surface area contributed by atoms with E-state index in [9.17, 15) is 22.0 Å². The molecule has 0 atom stereocenters. The maximum absolute atomic E-state index is 12.5. The summed E-state index contributed by atoms with van der Waals surface area (Å²) in [5, 5.41) is 2.57. The Morgan fingerprint density at radius 1 is 1.12 bits per heavy atom. The van der Waals surface area contributed by atoms with Gasteiger partial charge in [0.1, 0.15) is 5.76 Å². The highest BCUT2D eigenvalue weighted by Gasteiger charge is 2.15. The van der Waals surface area contributed by atoms with Gasteiger partial charge in [0.05, 0.1) is 24.8 Å². The first kappa shape index (κ1) is 24.0. The molecule has 0 saturated heterocycles. The molecule has 0 spiro atoms. The number of halogens is 2. The average molecular weight is 478 g/mol. The van der Waals surface area contributed by atoms with Crippen LogP contribution in [-0.2, 0) is 21.4 Å². The van der Waals surface area contributed by atoms with Crippen molar-refractivity contribution in [3.05, 3.63) is 78.3 Å². The van der Waals surface area contributed by atoms with E-state index in [0.29, 0.717) is 11.3 Å². The van der Waals surface area contributed by atoms with E-state index in [2.05, 4.69) is 14.8 Å². The van der Waals surface area contributed by atoms with Gasteiger partial charge in [-0.2, -0.15) is 8.78 Å². The van der Waals surface area contributed by atoms with Crippen LogP contribution in [0.25, 0.3) is 6.08 Å². The molecule has 1 aromatic heterocycles. The minimum atomic E-state index is -3.83. The quantitative estimate of drug-likeness (QED) is 0.427. The number of hydrogen-bond donors (Lipinski definition) is 2. The summed E-state index contributed by atoms with van der Waals surface area (Å²) in [5.41, 5.74) is 0.769. The number of furan rings is 1. The number of rotatable bonds is 10. The fourth-order valence-corrected chi connectivity index (χ4v) is 3.78. The van der Waals surface area contributed by atoms with E-state index in [0.717, 1.165) is 0 Å². The topological polar surface area (TPSA) is 107 Å². The number of hydrogen-bond acceptors (Lipinski definition) is 6. The van der Waals surface area contributed by atoms with E-state index in [1.807, 2.05) is 0 Å². The molecule has 2 aromatic carbocycles. The SMILES string of the molecule is COc1cc(/C=C/C(=O)Nc2cccc(S(=O)(=O)NCc3ccco3)c2)ccc1OC(F)F. The fraction of sp³-hybridized carbons (Fsp3) is 0.136. The maximum atomic E-state index is 12.5. The number of ether oxygens (including phenoxy) is 2. The molecule has 0 aliphatic rings. The van der Waals surface area contributed by atoms with Crippen molar-refractivity contribution in [3.63, 3.8) is 0 Å². The lowest BCUT2D eigenvalue weighted by Gasteiger charge is -2.10. The van der Waals surface area contributed by atoms with E-state index >= 15 is 0 Å². The van der Waals surface area contributed by atoms with Gasteiger partial charge in [-0.15, -0.1) is 0 Å². The van der Waals surface area contributed by atoms with Crippen LogP contribution in [0.15, 0.2) is 76.2 Å². The smallest absolute Gasteiger partial charge is 0.387 e. The Labute approximate surface area is 188 Å². The normalized spacial score (nSPS) is 11.6. The molecule has 1 heterocycles. The Kier molecular flexibility index (Phi) is 7.80. The zero-order valence-electron chi connectivity index (χ0n) is 17.3. The fourth-order valence-electron chi connectivity index (χ4n) is 2.74. The third-order valence-corrected chi connectivity index (χ3v) is 5.66. The highest BCUT2D eigenvalue weighted by Crippen LogP contribution is 2.29. The molecule has 0 saturated carbocycles. The van der Waals surface area contributed by atoms with Gasteiger partial charge in [-0.3, -0.25) is 4.79 Å². The van der Waals surface area contributed by atoms with Gasteiger partial charge in [0.15, 0.2) is 11.5 Å². The monoisotopic (exact) mass is 478 g/mol. The third-order valence-electron chi connectivity index (χ3n) is 4.26. The molecule has 0 aliphatic carbocycles. The number of sulfonamides is 1. The molecule has 33 heavy (non-hydrogen) atoms. The minimum Gasteiger partial charge on any atom is -0.493 e. The van der Waals surface area contributed by atoms with Crippen molar-refractivity contribution in [1.29, 1.82) is 0 Å². The summed E-state index contributed by atoms with van der Waals surface area (Å²) >= 11 is 0. The highest BCUT2D eigenvalue weighted by molar-refractivity contribution is 7.89. The van der Waals surface area contributed by atoms with Crippen LogP contribution in [0.4, 0.5) is 14.5 Å². The third kappa shape index (κ3) is 6.89. The largest absolute Gasteiger partial charge is 0.493 e. The van der Waals surface area contributed by atoms with Crippen molar-refractivity contribution in [2.75, 3.05) is 12.4 Å². The van der Waals surface area contributed by atoms with Crippen LogP contribution in [0.3, 0.4) is 0 Å². The summed E-state index contributed by atoms with van der Waals surface area (Å²) in [6, 6.07) is 13.2. The molecule has 3 rings (SSSR count). The van der Waals surface area contributed by atoms with Crippen LogP contribution in [0, 0.1) is 0 Å². The van der Waals surface area contributed by atoms with Gasteiger partial charge in [-0.05, 0) is 54.1 Å². The van der Waals surface area contributed by atoms with E-state index in [1.54, 1.807) is 12.1 Å². The molecule has 0 unspecified atom stereocenters. The zero-order chi connectivity index (χ0) is 23.8. The maximum Gasteiger partial charge on any atom is 0.387 e. The molecule has 174 valence electrons. The number of benzene rings is 2. The van der Waals surface area contributed by atoms with E-state index in [-0.39, 0.29) is 28.6 Å². The van der Waals surface area contributed by atoms with Gasteiger partial charge < -0.3 is 19.2 Å². The van der Waals surface area contributed by atoms with Gasteiger partial charge >= 0.3 is 6.61 Å². The number of anilines is 1. The standard InChI is InChI=1S/C22H20F2N2O6S/c1-30-20-12-15(7-9-19(20)32-22(23)24)8-10-21(27)26-16-4-2-6-18(13-16)33(28,29)25-14-17-5-3-11-31-17/h2-13,22,25H,14H2,1H3,(H,26,27)/b10-8+. The second-order valence-corrected chi connectivity index (χ2v) is 8.31. The second-order valence-electron chi connectivity index (χ2n) is 6.54. The summed E-state index contributed by atoms with van der Waals surface area (Å²) in [5.74, 6) is -0.121. The van der Waals surface area contributed by atoms with Gasteiger partial charge in [0, 0.05) is 11.8 Å². The molecular formula is C22H20F2N2O6S. The lowest BCUT2D eigenvalue weighted by Crippen LogP contribution is -2.23. The van der Waals surface area contributed by atoms with Crippen molar-refractivity contribution in [3.8, 4) is 11.5 Å². The summed E-state index contributed by atoms with van der Waals surface area (Å²) in [4.78, 5) is 12.2. The van der Waals surface area contributed by atoms with Crippen molar-refractivity contribution in [2.24, 2.45) is 0 Å². The van der Waals surface area contributed by atoms with Crippen LogP contribution in [0.2, 0.25) is 0 Å². The van der Waals surface area contributed by atoms with Crippen LogP contribution in [0.1, 0.15) is 11.3 Å². The predicted molar refractivity (Wildman–Crippen MR) is 116 cm³/mol. The summed E-state index contributed by atoms with van der Waals surface area (Å²) in [7, 11) is -2.52. The number of carbonyl (C=O) groups is 1. The Balaban J connectivity index is 1.65. The number of carbonyl (C=O) groups excluding carboxylic acids is 1. The van der Waals surface area contributed by atoms with Crippen molar-refractivity contribution in [1.82, 2.24) is 4.72 Å². The first-order valence-electron chi connectivity index (χ1n) is 9.51. The van der Waals surface area contributed by atoms with Crippen LogP contribution in [0.5, 0.6) is 11.5 Å². The average Bonchev–Trinajstić information content (AvgIpc) is 3.31. The second kappa shape index (κ2) is 10.7. The molecule has 0 radical (unpaired) electrons. The molecule has 0 fully saturated rings. The molecule has 0 aliphatic heterocycles. The van der Waals surface area contributed by atoms with Crippen LogP contribution >= 0.6 is 0 Å². The molecule has 3 aromatic rings. The molecule has 11 heteroatoms. The van der Waals surface area contributed by atoms with Crippen molar-refractivity contribution < 1.29 is 35.9 Å². The minimum absolute atomic E-state index is 0.0146. The number of amides is 1. The molecule has 0 bridgehead atoms. The molecule has 2 N–H and O–H groups in total. The first-order chi connectivity index (χ1) is 15.8. The first-order valence-corrected chi connectivity index (χ1v) is 11.0. The summed E-state index contributed by atoms with van der Waals surface area (Å²) in [6.07, 6.45) is 4.09. The van der Waals surface area contributed by atoms with Crippen LogP contribution < -0.4 is 19.5 Å². The van der Waals surface area contributed by atoms with E-state index in [4.69, 9.17) is 9.15 Å². The van der Waals surface area contributed by atoms with E-state index in [1.165, 1.54) is 68.0 Å². The molecular weight excluding hydrogens is 458 g/mol. The highest BCUT2D eigenvalue weighted by atomic mass is 32.2. The van der Waals surface area contributed by atoms with Crippen LogP contribution in [-0.4, -0.2) is 28.0 Å². The lowest BCUT2D eigenvalue weighted by molar-refractivity contribution is -0.111. The summed E-state index contributed by atoms with van der Waals surface area (Å²) < 4.78 is 66.7. The predicted octanol–water partition coefficient (Wildman–Crippen LogP) is 4.02. The van der Waals surface area contributed by atoms with Gasteiger partial charge in [-0.1, -0.05) is 12.1 Å². The van der Waals surface area contributed by atoms with Crippen molar-refractivity contribution in [2.45, 2.75) is 18.1 Å². The lowest BCUT2D eigenvalue weighted by atomic mass is 10.2. The molecule has 8 nitrogen and oxygen atoms in total. The Morgan fingerprint density at radius 2 is 1.94 bits per heavy atom. The number of nitrogens with one attached hydrogen (secondary N) is 2. The van der Waals surface area contributed by atoms with Gasteiger partial charge in [0.2, 0.25) is 15.9 Å². The molecule has 1 amide bonds. The number of methoxy groups -OCH3 is 1. The Hall–Kier alpha value is -3.70. The number of alkyl halides is 2. The van der Waals surface area contributed by atoms with Gasteiger partial charge in [-0.25, -0.2) is 13.1 Å². The Bertz CT molecular complexity index is 1230. The van der Waals surface area contributed by atoms with Crippen molar-refractivity contribution >= 4 is 27.7 Å². The Morgan fingerprint density at radius 3 is 2.64 bits per heavy atom. The van der Waals surface area contributed by atoms with Gasteiger partial charge in [0.25, 0.3) is 0 Å². The van der Waals surface area contributed by atoms with E-state index < -0.39 is 22.5 Å². The summed E-state index contributed by atoms with van der Waals surface area (Å²) in [6.45, 7) is -3.01. The zero-order valence-corrected chi connectivity index (χ0v) is 18.1.